The summed E-state index contributed by atoms with van der Waals surface area (Å²) in [7, 11) is 0. The summed E-state index contributed by atoms with van der Waals surface area (Å²) in [5, 5.41) is 7.14. The normalized spacial score (nSPS) is 15.2. The van der Waals surface area contributed by atoms with Crippen LogP contribution in [0, 0.1) is 13.8 Å². The van der Waals surface area contributed by atoms with E-state index in [-0.39, 0.29) is 11.8 Å². The molecule has 0 aliphatic carbocycles. The highest BCUT2D eigenvalue weighted by molar-refractivity contribution is 5.77. The average Bonchev–Trinajstić information content (AvgIpc) is 3.01. The quantitative estimate of drug-likeness (QED) is 0.745. The van der Waals surface area contributed by atoms with Crippen LogP contribution in [0.15, 0.2) is 6.33 Å². The summed E-state index contributed by atoms with van der Waals surface area (Å²) >= 11 is 0. The first kappa shape index (κ1) is 19.3. The van der Waals surface area contributed by atoms with Gasteiger partial charge in [-0.05, 0) is 45.1 Å². The highest BCUT2D eigenvalue weighted by Gasteiger charge is 2.16. The second-order valence-electron chi connectivity index (χ2n) is 7.13. The van der Waals surface area contributed by atoms with E-state index in [4.69, 9.17) is 0 Å². The first-order chi connectivity index (χ1) is 13.1. The SMILES string of the molecule is Cc1nc2ncnn2c(C)c1CCC(=O)NCCCN1CCCCCC1=O. The lowest BCUT2D eigenvalue weighted by molar-refractivity contribution is -0.130. The molecule has 2 aromatic heterocycles. The third kappa shape index (κ3) is 4.81. The molecule has 0 aromatic carbocycles. The molecule has 8 heteroatoms. The summed E-state index contributed by atoms with van der Waals surface area (Å²) in [4.78, 5) is 34.6. The number of fused-ring (bicyclic) bond motifs is 1. The molecule has 1 aliphatic rings. The summed E-state index contributed by atoms with van der Waals surface area (Å²) in [5.74, 6) is 0.858. The summed E-state index contributed by atoms with van der Waals surface area (Å²) in [6.45, 7) is 6.09. The van der Waals surface area contributed by atoms with Gasteiger partial charge in [-0.1, -0.05) is 6.42 Å². The molecule has 1 aliphatic heterocycles. The van der Waals surface area contributed by atoms with Gasteiger partial charge in [-0.3, -0.25) is 9.59 Å². The largest absolute Gasteiger partial charge is 0.356 e. The molecule has 8 nitrogen and oxygen atoms in total. The van der Waals surface area contributed by atoms with Crippen LogP contribution in [0.3, 0.4) is 0 Å². The minimum absolute atomic E-state index is 0.0229. The Balaban J connectivity index is 1.43. The van der Waals surface area contributed by atoms with Crippen LogP contribution >= 0.6 is 0 Å². The molecule has 3 heterocycles. The van der Waals surface area contributed by atoms with Crippen LogP contribution in [0.5, 0.6) is 0 Å². The van der Waals surface area contributed by atoms with Crippen LogP contribution in [0.25, 0.3) is 5.78 Å². The number of nitrogens with one attached hydrogen (secondary N) is 1. The van der Waals surface area contributed by atoms with Crippen molar-refractivity contribution < 1.29 is 9.59 Å². The maximum absolute atomic E-state index is 12.2. The zero-order chi connectivity index (χ0) is 19.2. The number of rotatable bonds is 7. The zero-order valence-electron chi connectivity index (χ0n) is 16.2. The Bertz CT molecular complexity index is 816. The Hall–Kier alpha value is -2.51. The van der Waals surface area contributed by atoms with E-state index in [0.717, 1.165) is 55.7 Å². The molecule has 27 heavy (non-hydrogen) atoms. The van der Waals surface area contributed by atoms with Crippen LogP contribution in [-0.2, 0) is 16.0 Å². The molecule has 0 saturated carbocycles. The van der Waals surface area contributed by atoms with Crippen molar-refractivity contribution in [2.75, 3.05) is 19.6 Å². The number of nitrogens with zero attached hydrogens (tertiary/aromatic N) is 5. The van der Waals surface area contributed by atoms with E-state index in [2.05, 4.69) is 20.4 Å². The lowest BCUT2D eigenvalue weighted by atomic mass is 10.1. The fourth-order valence-electron chi connectivity index (χ4n) is 3.62. The third-order valence-electron chi connectivity index (χ3n) is 5.19. The van der Waals surface area contributed by atoms with E-state index in [1.54, 1.807) is 4.52 Å². The number of amides is 2. The van der Waals surface area contributed by atoms with Gasteiger partial charge in [0.1, 0.15) is 6.33 Å². The van der Waals surface area contributed by atoms with Gasteiger partial charge in [-0.2, -0.15) is 10.1 Å². The van der Waals surface area contributed by atoms with Crippen LogP contribution in [0.4, 0.5) is 0 Å². The van der Waals surface area contributed by atoms with Crippen molar-refractivity contribution in [3.05, 3.63) is 23.3 Å². The van der Waals surface area contributed by atoms with Crippen molar-refractivity contribution in [1.82, 2.24) is 29.8 Å². The third-order valence-corrected chi connectivity index (χ3v) is 5.19. The summed E-state index contributed by atoms with van der Waals surface area (Å²) in [5.41, 5.74) is 2.90. The Labute approximate surface area is 159 Å². The van der Waals surface area contributed by atoms with Crippen molar-refractivity contribution in [2.24, 2.45) is 0 Å². The molecular weight excluding hydrogens is 344 g/mol. The van der Waals surface area contributed by atoms with Crippen molar-refractivity contribution in [3.8, 4) is 0 Å². The first-order valence-corrected chi connectivity index (χ1v) is 9.76. The van der Waals surface area contributed by atoms with Gasteiger partial charge in [-0.25, -0.2) is 9.50 Å². The van der Waals surface area contributed by atoms with E-state index >= 15 is 0 Å². The Morgan fingerprint density at radius 3 is 2.96 bits per heavy atom. The molecule has 1 N–H and O–H groups in total. The molecule has 3 rings (SSSR count). The van der Waals surface area contributed by atoms with Crippen LogP contribution in [0.2, 0.25) is 0 Å². The Morgan fingerprint density at radius 1 is 1.26 bits per heavy atom. The minimum atomic E-state index is 0.0229. The van der Waals surface area contributed by atoms with Gasteiger partial charge in [0.2, 0.25) is 11.8 Å². The molecule has 0 atom stereocenters. The van der Waals surface area contributed by atoms with Gasteiger partial charge < -0.3 is 10.2 Å². The smallest absolute Gasteiger partial charge is 0.252 e. The summed E-state index contributed by atoms with van der Waals surface area (Å²) < 4.78 is 1.71. The molecule has 0 spiro atoms. The Morgan fingerprint density at radius 2 is 2.11 bits per heavy atom. The maximum Gasteiger partial charge on any atom is 0.252 e. The second kappa shape index (κ2) is 8.92. The fourth-order valence-corrected chi connectivity index (χ4v) is 3.62. The van der Waals surface area contributed by atoms with Gasteiger partial charge in [0.05, 0.1) is 0 Å². The van der Waals surface area contributed by atoms with Gasteiger partial charge in [0.25, 0.3) is 5.78 Å². The summed E-state index contributed by atoms with van der Waals surface area (Å²) in [6, 6.07) is 0. The van der Waals surface area contributed by atoms with E-state index in [1.165, 1.54) is 6.33 Å². The van der Waals surface area contributed by atoms with Crippen molar-refractivity contribution in [3.63, 3.8) is 0 Å². The summed E-state index contributed by atoms with van der Waals surface area (Å²) in [6.07, 6.45) is 7.19. The lowest BCUT2D eigenvalue weighted by Crippen LogP contribution is -2.34. The zero-order valence-corrected chi connectivity index (χ0v) is 16.2. The van der Waals surface area contributed by atoms with Crippen molar-refractivity contribution >= 4 is 17.6 Å². The molecule has 2 amide bonds. The molecule has 0 bridgehead atoms. The number of carbonyl (C=O) groups excluding carboxylic acids is 2. The maximum atomic E-state index is 12.2. The number of hydrogen-bond acceptors (Lipinski definition) is 5. The van der Waals surface area contributed by atoms with Crippen molar-refractivity contribution in [2.45, 2.75) is 58.8 Å². The molecule has 1 fully saturated rings. The minimum Gasteiger partial charge on any atom is -0.356 e. The first-order valence-electron chi connectivity index (χ1n) is 9.76. The molecule has 2 aromatic rings. The second-order valence-corrected chi connectivity index (χ2v) is 7.13. The number of carbonyl (C=O) groups is 2. The van der Waals surface area contributed by atoms with Crippen LogP contribution in [0.1, 0.15) is 55.5 Å². The lowest BCUT2D eigenvalue weighted by Gasteiger charge is -2.20. The fraction of sp³-hybridized carbons (Fsp3) is 0.632. The molecular formula is C19H28N6O2. The monoisotopic (exact) mass is 372 g/mol. The van der Waals surface area contributed by atoms with Gasteiger partial charge in [0.15, 0.2) is 0 Å². The van der Waals surface area contributed by atoms with Crippen molar-refractivity contribution in [1.29, 1.82) is 0 Å². The van der Waals surface area contributed by atoms with E-state index in [9.17, 15) is 9.59 Å². The van der Waals surface area contributed by atoms with E-state index in [0.29, 0.717) is 31.6 Å². The molecule has 146 valence electrons. The van der Waals surface area contributed by atoms with Gasteiger partial charge in [0, 0.05) is 43.9 Å². The number of likely N-dealkylation sites (tertiary alicyclic amines) is 1. The number of hydrogen-bond donors (Lipinski definition) is 1. The predicted octanol–water partition coefficient (Wildman–Crippen LogP) is 1.58. The van der Waals surface area contributed by atoms with E-state index < -0.39 is 0 Å². The highest BCUT2D eigenvalue weighted by atomic mass is 16.2. The standard InChI is InChI=1S/C19H28N6O2/c1-14-16(15(2)25-19(23-14)21-13-22-25)8-9-17(26)20-10-6-12-24-11-5-3-4-7-18(24)27/h13H,3-12H2,1-2H3,(H,20,26). The highest BCUT2D eigenvalue weighted by Crippen LogP contribution is 2.15. The molecule has 0 unspecified atom stereocenters. The molecule has 0 radical (unpaired) electrons. The predicted molar refractivity (Wildman–Crippen MR) is 101 cm³/mol. The topological polar surface area (TPSA) is 92.5 Å². The van der Waals surface area contributed by atoms with Gasteiger partial charge in [-0.15, -0.1) is 0 Å². The number of aromatic nitrogens is 4. The van der Waals surface area contributed by atoms with Gasteiger partial charge >= 0.3 is 0 Å². The van der Waals surface area contributed by atoms with Crippen LogP contribution < -0.4 is 5.32 Å². The molecule has 1 saturated heterocycles. The van der Waals surface area contributed by atoms with Crippen LogP contribution in [-0.4, -0.2) is 55.9 Å². The Kier molecular flexibility index (Phi) is 6.36. The number of aryl methyl sites for hydroxylation is 2. The van der Waals surface area contributed by atoms with E-state index in [1.807, 2.05) is 18.7 Å². The average molecular weight is 372 g/mol.